The Morgan fingerprint density at radius 3 is 2.80 bits per heavy atom. The van der Waals surface area contributed by atoms with E-state index in [-0.39, 0.29) is 17.9 Å². The molecule has 1 fully saturated rings. The Morgan fingerprint density at radius 1 is 1.10 bits per heavy atom. The smallest absolute Gasteiger partial charge is 0.271 e. The Balaban J connectivity index is 1.25. The summed E-state index contributed by atoms with van der Waals surface area (Å²) >= 11 is 0. The fraction of sp³-hybridized carbons (Fsp3) is 0.478. The third kappa shape index (κ3) is 4.78. The normalized spacial score (nSPS) is 18.6. The number of carbonyl (C=O) groups excluding carboxylic acids is 2. The van der Waals surface area contributed by atoms with Crippen LogP contribution in [0.25, 0.3) is 0 Å². The molecule has 1 saturated heterocycles. The second-order valence-electron chi connectivity index (χ2n) is 8.14. The highest BCUT2D eigenvalue weighted by Gasteiger charge is 2.24. The molecule has 2 aliphatic heterocycles. The number of anilines is 1. The fourth-order valence-electron chi connectivity index (χ4n) is 4.29. The first-order valence-electron chi connectivity index (χ1n) is 10.8. The molecular weight excluding hydrogens is 378 g/mol. The average molecular weight is 408 g/mol. The summed E-state index contributed by atoms with van der Waals surface area (Å²) in [6.07, 6.45) is 7.22. The number of benzene rings is 1. The van der Waals surface area contributed by atoms with Crippen LogP contribution >= 0.6 is 0 Å². The summed E-state index contributed by atoms with van der Waals surface area (Å²) in [5, 5.41) is 3.05. The van der Waals surface area contributed by atoms with Gasteiger partial charge in [0.05, 0.1) is 11.9 Å². The maximum Gasteiger partial charge on any atom is 0.271 e. The molecule has 158 valence electrons. The molecule has 7 nitrogen and oxygen atoms in total. The van der Waals surface area contributed by atoms with Crippen LogP contribution in [0.2, 0.25) is 0 Å². The Bertz CT molecular complexity index is 899. The van der Waals surface area contributed by atoms with Crippen molar-refractivity contribution < 1.29 is 9.59 Å². The number of hydrogen-bond acceptors (Lipinski definition) is 5. The summed E-state index contributed by atoms with van der Waals surface area (Å²) in [6, 6.07) is 8.51. The predicted octanol–water partition coefficient (Wildman–Crippen LogP) is 2.35. The number of amides is 2. The van der Waals surface area contributed by atoms with Gasteiger partial charge in [0.2, 0.25) is 5.91 Å². The van der Waals surface area contributed by atoms with Gasteiger partial charge >= 0.3 is 0 Å². The SMILES string of the molecule is Cc1cnc(C(=O)N[C@@H]2CCCN(C(=O)CCN3CCc4ccccc43)CC2)cn1. The fourth-order valence-corrected chi connectivity index (χ4v) is 4.29. The van der Waals surface area contributed by atoms with E-state index in [2.05, 4.69) is 44.5 Å². The minimum Gasteiger partial charge on any atom is -0.370 e. The quantitative estimate of drug-likeness (QED) is 0.823. The van der Waals surface area contributed by atoms with Crippen molar-refractivity contribution in [3.63, 3.8) is 0 Å². The molecule has 0 spiro atoms. The van der Waals surface area contributed by atoms with Gasteiger partial charge in [-0.1, -0.05) is 18.2 Å². The van der Waals surface area contributed by atoms with Gasteiger partial charge in [-0.25, -0.2) is 4.98 Å². The van der Waals surface area contributed by atoms with Crippen LogP contribution in [0.3, 0.4) is 0 Å². The second kappa shape index (κ2) is 9.24. The van der Waals surface area contributed by atoms with Crippen LogP contribution in [0.15, 0.2) is 36.7 Å². The molecule has 0 unspecified atom stereocenters. The van der Waals surface area contributed by atoms with Crippen LogP contribution in [0.5, 0.6) is 0 Å². The summed E-state index contributed by atoms with van der Waals surface area (Å²) in [4.78, 5) is 37.8. The Labute approximate surface area is 177 Å². The van der Waals surface area contributed by atoms with E-state index in [4.69, 9.17) is 0 Å². The molecule has 0 aliphatic carbocycles. The molecule has 1 aromatic heterocycles. The van der Waals surface area contributed by atoms with Crippen molar-refractivity contribution >= 4 is 17.5 Å². The molecule has 1 aromatic carbocycles. The minimum atomic E-state index is -0.194. The molecule has 30 heavy (non-hydrogen) atoms. The van der Waals surface area contributed by atoms with Crippen molar-refractivity contribution in [3.05, 3.63) is 53.6 Å². The molecule has 1 atom stereocenters. The first-order valence-corrected chi connectivity index (χ1v) is 10.8. The number of aryl methyl sites for hydroxylation is 1. The lowest BCUT2D eigenvalue weighted by Crippen LogP contribution is -2.38. The minimum absolute atomic E-state index is 0.0591. The third-order valence-electron chi connectivity index (χ3n) is 6.01. The van der Waals surface area contributed by atoms with Crippen LogP contribution in [-0.4, -0.2) is 58.9 Å². The lowest BCUT2D eigenvalue weighted by atomic mass is 10.1. The highest BCUT2D eigenvalue weighted by Crippen LogP contribution is 2.27. The zero-order valence-electron chi connectivity index (χ0n) is 17.5. The number of para-hydroxylation sites is 1. The number of fused-ring (bicyclic) bond motifs is 1. The lowest BCUT2D eigenvalue weighted by Gasteiger charge is -2.24. The Morgan fingerprint density at radius 2 is 1.97 bits per heavy atom. The van der Waals surface area contributed by atoms with E-state index in [1.54, 1.807) is 6.20 Å². The van der Waals surface area contributed by atoms with E-state index in [9.17, 15) is 9.59 Å². The van der Waals surface area contributed by atoms with Gasteiger partial charge in [0, 0.05) is 50.5 Å². The maximum absolute atomic E-state index is 12.8. The largest absolute Gasteiger partial charge is 0.370 e. The maximum atomic E-state index is 12.8. The number of nitrogens with one attached hydrogen (secondary N) is 1. The number of aromatic nitrogens is 2. The standard InChI is InChI=1S/C23H29N5O2/c1-17-15-25-20(16-24-17)23(30)26-19-6-4-11-28(13-9-19)22(29)10-14-27-12-8-18-5-2-3-7-21(18)27/h2-3,5,7,15-16,19H,4,6,8-14H2,1H3,(H,26,30)/t19-/m1/s1. The Kier molecular flexibility index (Phi) is 6.26. The van der Waals surface area contributed by atoms with Crippen molar-refractivity contribution in [1.29, 1.82) is 0 Å². The number of likely N-dealkylation sites (tertiary alicyclic amines) is 1. The van der Waals surface area contributed by atoms with Gasteiger partial charge in [0.15, 0.2) is 0 Å². The van der Waals surface area contributed by atoms with Crippen molar-refractivity contribution in [1.82, 2.24) is 20.2 Å². The van der Waals surface area contributed by atoms with E-state index < -0.39 is 0 Å². The van der Waals surface area contributed by atoms with Gasteiger partial charge in [-0.15, -0.1) is 0 Å². The van der Waals surface area contributed by atoms with Crippen LogP contribution in [0.4, 0.5) is 5.69 Å². The summed E-state index contributed by atoms with van der Waals surface area (Å²) < 4.78 is 0. The highest BCUT2D eigenvalue weighted by molar-refractivity contribution is 5.92. The molecule has 0 radical (unpaired) electrons. The number of rotatable bonds is 5. The number of nitrogens with zero attached hydrogens (tertiary/aromatic N) is 4. The van der Waals surface area contributed by atoms with E-state index >= 15 is 0 Å². The predicted molar refractivity (Wildman–Crippen MR) is 115 cm³/mol. The monoisotopic (exact) mass is 407 g/mol. The van der Waals surface area contributed by atoms with Gasteiger partial charge in [0.1, 0.15) is 5.69 Å². The average Bonchev–Trinajstić information content (AvgIpc) is 3.03. The molecule has 1 N–H and O–H groups in total. The number of hydrogen-bond donors (Lipinski definition) is 1. The summed E-state index contributed by atoms with van der Waals surface area (Å²) in [7, 11) is 0. The molecule has 7 heteroatoms. The zero-order valence-corrected chi connectivity index (χ0v) is 17.5. The van der Waals surface area contributed by atoms with Crippen molar-refractivity contribution in [2.75, 3.05) is 31.1 Å². The first kappa shape index (κ1) is 20.3. The molecule has 2 aromatic rings. The molecule has 2 amide bonds. The van der Waals surface area contributed by atoms with Gasteiger partial charge in [0.25, 0.3) is 5.91 Å². The van der Waals surface area contributed by atoms with Gasteiger partial charge in [-0.2, -0.15) is 0 Å². The van der Waals surface area contributed by atoms with Crippen LogP contribution in [0.1, 0.15) is 47.4 Å². The van der Waals surface area contributed by atoms with E-state index in [0.29, 0.717) is 18.7 Å². The van der Waals surface area contributed by atoms with Crippen molar-refractivity contribution in [2.45, 2.75) is 45.1 Å². The van der Waals surface area contributed by atoms with E-state index in [0.717, 1.165) is 51.0 Å². The lowest BCUT2D eigenvalue weighted by molar-refractivity contribution is -0.130. The molecular formula is C23H29N5O2. The third-order valence-corrected chi connectivity index (χ3v) is 6.01. The van der Waals surface area contributed by atoms with Crippen LogP contribution in [-0.2, 0) is 11.2 Å². The van der Waals surface area contributed by atoms with Gasteiger partial charge in [-0.3, -0.25) is 14.6 Å². The van der Waals surface area contributed by atoms with E-state index in [1.807, 2.05) is 11.8 Å². The highest BCUT2D eigenvalue weighted by atomic mass is 16.2. The summed E-state index contributed by atoms with van der Waals surface area (Å²) in [5.41, 5.74) is 3.76. The summed E-state index contributed by atoms with van der Waals surface area (Å²) in [6.45, 7) is 5.03. The molecule has 3 heterocycles. The number of carbonyl (C=O) groups is 2. The van der Waals surface area contributed by atoms with Crippen molar-refractivity contribution in [2.24, 2.45) is 0 Å². The Hall–Kier alpha value is -2.96. The topological polar surface area (TPSA) is 78.4 Å². The van der Waals surface area contributed by atoms with Crippen molar-refractivity contribution in [3.8, 4) is 0 Å². The van der Waals surface area contributed by atoms with Gasteiger partial charge in [-0.05, 0) is 44.2 Å². The second-order valence-corrected chi connectivity index (χ2v) is 8.14. The van der Waals surface area contributed by atoms with Crippen LogP contribution < -0.4 is 10.2 Å². The molecule has 0 bridgehead atoms. The molecule has 0 saturated carbocycles. The molecule has 4 rings (SSSR count). The van der Waals surface area contributed by atoms with Gasteiger partial charge < -0.3 is 15.1 Å². The summed E-state index contributed by atoms with van der Waals surface area (Å²) in [5.74, 6) is 0.00994. The zero-order chi connectivity index (χ0) is 20.9. The molecule has 2 aliphatic rings. The van der Waals surface area contributed by atoms with Crippen LogP contribution in [0, 0.1) is 6.92 Å². The van der Waals surface area contributed by atoms with E-state index in [1.165, 1.54) is 17.4 Å². The first-order chi connectivity index (χ1) is 14.6.